The molecule has 0 aromatic heterocycles. The van der Waals surface area contributed by atoms with Crippen molar-refractivity contribution in [1.82, 2.24) is 4.90 Å². The number of likely N-dealkylation sites (N-methyl/N-ethyl adjacent to an activating group) is 1. The summed E-state index contributed by atoms with van der Waals surface area (Å²) in [6.07, 6.45) is -3.03. The van der Waals surface area contributed by atoms with Crippen LogP contribution in [-0.2, 0) is 57.1 Å². The Labute approximate surface area is 319 Å². The fraction of sp³-hybridized carbons (Fsp3) is 0.795. The van der Waals surface area contributed by atoms with Gasteiger partial charge in [0, 0.05) is 45.8 Å². The van der Waals surface area contributed by atoms with Gasteiger partial charge < -0.3 is 57.8 Å². The first-order valence-corrected chi connectivity index (χ1v) is 18.9. The maximum Gasteiger partial charge on any atom is 0.309 e. The summed E-state index contributed by atoms with van der Waals surface area (Å²) >= 11 is 0. The number of cyclic esters (lactones) is 1. The van der Waals surface area contributed by atoms with Crippen LogP contribution in [0.1, 0.15) is 80.1 Å². The van der Waals surface area contributed by atoms with E-state index >= 15 is 0 Å². The van der Waals surface area contributed by atoms with E-state index in [0.717, 1.165) is 0 Å². The maximum absolute atomic E-state index is 13.3. The average molecular weight is 770 g/mol. The molecule has 2 saturated heterocycles. The number of hydrogen-bond donors (Lipinski definition) is 2. The standard InChI is InChI=1S/C39H63NO14/c1-11-29(43)52-28-20-30(44)49-23(3)15-13-12-14-16-27(42)22(2)19-26(17-18-41)35(36(28)47-9)54-38-33(45)32(40(7)8)34(24(4)51-38)53-31-21-39(6,48-10)37(46)25(5)50-31/h12-14,16,18,22-26,28,31-38,45-46H,11,15,17,19-21H2,1-10H3/b13-12+,16-14+/t22-,23-,24-,25+,26+,28-,31?,32-,33-,34-,35+,36+,37+,38+,39-/m1/s1. The summed E-state index contributed by atoms with van der Waals surface area (Å²) in [5.41, 5.74) is -0.945. The van der Waals surface area contributed by atoms with Gasteiger partial charge in [-0.1, -0.05) is 32.1 Å². The zero-order valence-electron chi connectivity index (χ0n) is 33.5. The van der Waals surface area contributed by atoms with Crippen LogP contribution in [0.2, 0.25) is 0 Å². The molecule has 0 aliphatic carbocycles. The molecule has 0 aromatic carbocycles. The highest BCUT2D eigenvalue weighted by Crippen LogP contribution is 2.37. The van der Waals surface area contributed by atoms with Crippen LogP contribution in [0.3, 0.4) is 0 Å². The van der Waals surface area contributed by atoms with E-state index in [9.17, 15) is 29.4 Å². The van der Waals surface area contributed by atoms with E-state index in [4.69, 9.17) is 37.9 Å². The van der Waals surface area contributed by atoms with E-state index < -0.39 is 109 Å². The molecular weight excluding hydrogens is 706 g/mol. The number of aldehydes is 1. The van der Waals surface area contributed by atoms with Crippen molar-refractivity contribution in [2.75, 3.05) is 28.3 Å². The SMILES string of the molecule is CCC(=O)O[C@@H]1CC(=O)O[C@H](C)C/C=C/C=C/C(=O)[C@H](C)C[C@H](CC=O)[C@H](O[C@@H]2O[C@H](C)[C@@H](OC3C[C@@](C)(OC)[C@@H](O)[C@H](C)O3)[C@H](N(C)C)[C@H]2O)[C@H]1OC. The van der Waals surface area contributed by atoms with E-state index in [-0.39, 0.29) is 31.5 Å². The number of ether oxygens (including phenoxy) is 8. The second kappa shape index (κ2) is 21.1. The van der Waals surface area contributed by atoms with E-state index in [1.54, 1.807) is 78.8 Å². The van der Waals surface area contributed by atoms with Crippen LogP contribution < -0.4 is 0 Å². The molecule has 15 heteroatoms. The van der Waals surface area contributed by atoms with Crippen molar-refractivity contribution in [1.29, 1.82) is 0 Å². The molecule has 0 saturated carbocycles. The first-order chi connectivity index (χ1) is 25.5. The van der Waals surface area contributed by atoms with Gasteiger partial charge in [-0.15, -0.1) is 0 Å². The average Bonchev–Trinajstić information content (AvgIpc) is 3.11. The molecule has 3 heterocycles. The molecule has 0 amide bonds. The number of nitrogens with zero attached hydrogens (tertiary/aromatic N) is 1. The molecule has 308 valence electrons. The molecule has 1 unspecified atom stereocenters. The number of hydrogen-bond acceptors (Lipinski definition) is 15. The lowest BCUT2D eigenvalue weighted by Gasteiger charge is -2.50. The van der Waals surface area contributed by atoms with Gasteiger partial charge in [0.2, 0.25) is 0 Å². The summed E-state index contributed by atoms with van der Waals surface area (Å²) in [6, 6.07) is -0.723. The minimum atomic E-state index is -1.35. The molecule has 15 atom stereocenters. The number of carbonyl (C=O) groups is 4. The van der Waals surface area contributed by atoms with E-state index in [0.29, 0.717) is 12.7 Å². The molecular formula is C39H63NO14. The highest BCUT2D eigenvalue weighted by atomic mass is 16.7. The van der Waals surface area contributed by atoms with Crippen LogP contribution in [0.25, 0.3) is 0 Å². The second-order valence-corrected chi connectivity index (χ2v) is 15.1. The Hall–Kier alpha value is -2.60. The summed E-state index contributed by atoms with van der Waals surface area (Å²) < 4.78 is 48.6. The number of esters is 2. The van der Waals surface area contributed by atoms with Gasteiger partial charge in [-0.3, -0.25) is 14.4 Å². The van der Waals surface area contributed by atoms with Gasteiger partial charge in [0.25, 0.3) is 0 Å². The largest absolute Gasteiger partial charge is 0.462 e. The van der Waals surface area contributed by atoms with Crippen molar-refractivity contribution >= 4 is 24.0 Å². The molecule has 0 radical (unpaired) electrons. The molecule has 0 aromatic rings. The lowest BCUT2D eigenvalue weighted by Crippen LogP contribution is -2.66. The lowest BCUT2D eigenvalue weighted by atomic mass is 9.83. The molecule has 15 nitrogen and oxygen atoms in total. The number of aliphatic hydroxyl groups is 2. The summed E-state index contributed by atoms with van der Waals surface area (Å²) in [7, 11) is 6.42. The molecule has 3 aliphatic rings. The number of rotatable bonds is 11. The highest BCUT2D eigenvalue weighted by molar-refractivity contribution is 5.91. The van der Waals surface area contributed by atoms with Crippen LogP contribution in [0, 0.1) is 11.8 Å². The van der Waals surface area contributed by atoms with Crippen LogP contribution in [0.4, 0.5) is 0 Å². The topological polar surface area (TPSA) is 186 Å². The first kappa shape index (κ1) is 45.8. The van der Waals surface area contributed by atoms with Crippen molar-refractivity contribution in [3.05, 3.63) is 24.3 Å². The third-order valence-corrected chi connectivity index (χ3v) is 10.7. The predicted octanol–water partition coefficient (Wildman–Crippen LogP) is 2.67. The fourth-order valence-electron chi connectivity index (χ4n) is 7.47. The van der Waals surface area contributed by atoms with Gasteiger partial charge >= 0.3 is 11.9 Å². The zero-order valence-corrected chi connectivity index (χ0v) is 33.5. The Bertz CT molecular complexity index is 1290. The van der Waals surface area contributed by atoms with Crippen molar-refractivity contribution < 1.29 is 67.3 Å². The third-order valence-electron chi connectivity index (χ3n) is 10.7. The molecule has 3 rings (SSSR count). The van der Waals surface area contributed by atoms with E-state index in [1.807, 2.05) is 0 Å². The highest BCUT2D eigenvalue weighted by Gasteiger charge is 2.52. The number of allylic oxidation sites excluding steroid dienone is 3. The van der Waals surface area contributed by atoms with Gasteiger partial charge in [-0.25, -0.2) is 0 Å². The smallest absolute Gasteiger partial charge is 0.309 e. The van der Waals surface area contributed by atoms with Gasteiger partial charge in [-0.05, 0) is 60.2 Å². The van der Waals surface area contributed by atoms with E-state index in [2.05, 4.69) is 0 Å². The monoisotopic (exact) mass is 769 g/mol. The minimum absolute atomic E-state index is 0.00415. The third kappa shape index (κ3) is 12.0. The van der Waals surface area contributed by atoms with Crippen LogP contribution in [0.15, 0.2) is 24.3 Å². The Kier molecular flexibility index (Phi) is 17.9. The lowest BCUT2D eigenvalue weighted by molar-refractivity contribution is -0.345. The number of methoxy groups -OCH3 is 2. The summed E-state index contributed by atoms with van der Waals surface area (Å²) in [5, 5.41) is 22.7. The van der Waals surface area contributed by atoms with E-state index in [1.165, 1.54) is 20.3 Å². The van der Waals surface area contributed by atoms with Crippen molar-refractivity contribution in [2.24, 2.45) is 11.8 Å². The summed E-state index contributed by atoms with van der Waals surface area (Å²) in [5.74, 6) is -2.74. The van der Waals surface area contributed by atoms with Crippen molar-refractivity contribution in [3.8, 4) is 0 Å². The summed E-state index contributed by atoms with van der Waals surface area (Å²) in [4.78, 5) is 53.3. The second-order valence-electron chi connectivity index (χ2n) is 15.1. The van der Waals surface area contributed by atoms with Gasteiger partial charge in [0.15, 0.2) is 18.4 Å². The van der Waals surface area contributed by atoms with Crippen LogP contribution in [0.5, 0.6) is 0 Å². The Balaban J connectivity index is 2.05. The first-order valence-electron chi connectivity index (χ1n) is 18.9. The number of ketones is 1. The Morgan fingerprint density at radius 2 is 1.72 bits per heavy atom. The van der Waals surface area contributed by atoms with Gasteiger partial charge in [-0.2, -0.15) is 0 Å². The molecule has 54 heavy (non-hydrogen) atoms. The number of carbonyl (C=O) groups excluding carboxylic acids is 4. The normalized spacial score (nSPS) is 41.5. The Morgan fingerprint density at radius 3 is 2.33 bits per heavy atom. The molecule has 3 aliphatic heterocycles. The number of aliphatic hydroxyl groups excluding tert-OH is 2. The fourth-order valence-corrected chi connectivity index (χ4v) is 7.47. The predicted molar refractivity (Wildman–Crippen MR) is 195 cm³/mol. The molecule has 0 bridgehead atoms. The van der Waals surface area contributed by atoms with Crippen LogP contribution >= 0.6 is 0 Å². The van der Waals surface area contributed by atoms with Crippen molar-refractivity contribution in [2.45, 2.75) is 159 Å². The molecule has 2 N–H and O–H groups in total. The van der Waals surface area contributed by atoms with Gasteiger partial charge in [0.05, 0.1) is 36.4 Å². The quantitative estimate of drug-likeness (QED) is 0.231. The van der Waals surface area contributed by atoms with Crippen molar-refractivity contribution in [3.63, 3.8) is 0 Å². The summed E-state index contributed by atoms with van der Waals surface area (Å²) in [6.45, 7) is 10.3. The minimum Gasteiger partial charge on any atom is -0.462 e. The zero-order chi connectivity index (χ0) is 40.3. The molecule has 2 fully saturated rings. The molecule has 0 spiro atoms. The van der Waals surface area contributed by atoms with Gasteiger partial charge in [0.1, 0.15) is 42.9 Å². The maximum atomic E-state index is 13.3. The Morgan fingerprint density at radius 1 is 1.02 bits per heavy atom. The van der Waals surface area contributed by atoms with Crippen LogP contribution in [-0.4, -0.2) is 147 Å².